The van der Waals surface area contributed by atoms with Gasteiger partial charge in [-0.05, 0) is 36.8 Å². The molecule has 0 saturated carbocycles. The Morgan fingerprint density at radius 1 is 1.10 bits per heavy atom. The molecule has 148 valence electrons. The Hall–Kier alpha value is -2.97. The van der Waals surface area contributed by atoms with Crippen LogP contribution in [0.2, 0.25) is 10.0 Å². The maximum absolute atomic E-state index is 13.0. The number of carbonyl (C=O) groups excluding carboxylic acids is 3. The molecule has 0 radical (unpaired) electrons. The molecule has 29 heavy (non-hydrogen) atoms. The molecule has 1 N–H and O–H groups in total. The van der Waals surface area contributed by atoms with Gasteiger partial charge in [0.25, 0.3) is 11.8 Å². The van der Waals surface area contributed by atoms with Gasteiger partial charge in [0.15, 0.2) is 12.1 Å². The number of anilines is 2. The number of benzene rings is 2. The molecule has 2 aromatic carbocycles. The SMILES string of the molecule is Cc1ccccc1N1C(=O)[C@@H]2[C@@H](N=NN2CC(=O)Nc2ccc(Cl)c(Cl)c2)C1=O. The molecule has 2 atom stereocenters. The zero-order valence-electron chi connectivity index (χ0n) is 15.2. The first-order valence-corrected chi connectivity index (χ1v) is 9.48. The van der Waals surface area contributed by atoms with Gasteiger partial charge in [-0.25, -0.2) is 4.90 Å². The molecule has 10 heteroatoms. The second kappa shape index (κ2) is 7.46. The van der Waals surface area contributed by atoms with Crippen LogP contribution in [-0.4, -0.2) is 41.4 Å². The summed E-state index contributed by atoms with van der Waals surface area (Å²) in [7, 11) is 0. The van der Waals surface area contributed by atoms with Crippen LogP contribution in [0.4, 0.5) is 11.4 Å². The molecule has 0 unspecified atom stereocenters. The fraction of sp³-hybridized carbons (Fsp3) is 0.211. The summed E-state index contributed by atoms with van der Waals surface area (Å²) in [6, 6.07) is 9.86. The Labute approximate surface area is 176 Å². The van der Waals surface area contributed by atoms with Crippen molar-refractivity contribution in [2.24, 2.45) is 10.3 Å². The Balaban J connectivity index is 1.50. The molecular weight excluding hydrogens is 417 g/mol. The van der Waals surface area contributed by atoms with Gasteiger partial charge in [0.05, 0.1) is 15.7 Å². The summed E-state index contributed by atoms with van der Waals surface area (Å²) in [5.74, 6) is -1.34. The number of rotatable bonds is 4. The lowest BCUT2D eigenvalue weighted by Crippen LogP contribution is -2.43. The number of fused-ring (bicyclic) bond motifs is 1. The highest BCUT2D eigenvalue weighted by Crippen LogP contribution is 2.33. The highest BCUT2D eigenvalue weighted by atomic mass is 35.5. The Bertz CT molecular complexity index is 1060. The van der Waals surface area contributed by atoms with E-state index in [9.17, 15) is 14.4 Å². The predicted octanol–water partition coefficient (Wildman–Crippen LogP) is 3.23. The van der Waals surface area contributed by atoms with E-state index in [-0.39, 0.29) is 6.54 Å². The Morgan fingerprint density at radius 2 is 1.86 bits per heavy atom. The van der Waals surface area contributed by atoms with E-state index in [1.165, 1.54) is 11.1 Å². The fourth-order valence-electron chi connectivity index (χ4n) is 3.33. The van der Waals surface area contributed by atoms with E-state index in [1.54, 1.807) is 24.3 Å². The zero-order valence-corrected chi connectivity index (χ0v) is 16.7. The van der Waals surface area contributed by atoms with Crippen LogP contribution in [0.1, 0.15) is 5.56 Å². The number of imide groups is 1. The largest absolute Gasteiger partial charge is 0.324 e. The van der Waals surface area contributed by atoms with Gasteiger partial charge in [0.2, 0.25) is 5.91 Å². The number of carbonyl (C=O) groups is 3. The number of nitrogens with one attached hydrogen (secondary N) is 1. The molecule has 2 aliphatic rings. The van der Waals surface area contributed by atoms with Crippen LogP contribution in [0.15, 0.2) is 52.8 Å². The van der Waals surface area contributed by atoms with Gasteiger partial charge < -0.3 is 5.32 Å². The van der Waals surface area contributed by atoms with E-state index < -0.39 is 29.8 Å². The summed E-state index contributed by atoms with van der Waals surface area (Å²) in [6.45, 7) is 1.57. The van der Waals surface area contributed by atoms with Crippen molar-refractivity contribution in [2.45, 2.75) is 19.0 Å². The number of para-hydroxylation sites is 1. The van der Waals surface area contributed by atoms with Crippen molar-refractivity contribution >= 4 is 52.3 Å². The van der Waals surface area contributed by atoms with Crippen molar-refractivity contribution in [1.82, 2.24) is 5.01 Å². The zero-order chi connectivity index (χ0) is 20.7. The summed E-state index contributed by atoms with van der Waals surface area (Å²) >= 11 is 11.8. The molecule has 3 amide bonds. The molecule has 2 aliphatic heterocycles. The van der Waals surface area contributed by atoms with Crippen LogP contribution in [0.3, 0.4) is 0 Å². The topological polar surface area (TPSA) is 94.4 Å². The third kappa shape index (κ3) is 3.45. The first kappa shape index (κ1) is 19.4. The van der Waals surface area contributed by atoms with Crippen LogP contribution in [0.25, 0.3) is 0 Å². The molecule has 2 heterocycles. The fourth-order valence-corrected chi connectivity index (χ4v) is 3.63. The number of hydrogen-bond acceptors (Lipinski definition) is 6. The molecule has 0 aliphatic carbocycles. The lowest BCUT2D eigenvalue weighted by molar-refractivity contribution is -0.123. The maximum atomic E-state index is 13.0. The monoisotopic (exact) mass is 431 g/mol. The van der Waals surface area contributed by atoms with Crippen LogP contribution in [-0.2, 0) is 14.4 Å². The minimum absolute atomic E-state index is 0.245. The van der Waals surface area contributed by atoms with Gasteiger partial charge in [0.1, 0.15) is 6.54 Å². The summed E-state index contributed by atoms with van der Waals surface area (Å²) in [4.78, 5) is 39.2. The van der Waals surface area contributed by atoms with Crippen molar-refractivity contribution in [3.05, 3.63) is 58.1 Å². The average molecular weight is 432 g/mol. The minimum Gasteiger partial charge on any atom is -0.324 e. The molecule has 4 rings (SSSR count). The molecule has 0 bridgehead atoms. The number of halogens is 2. The first-order valence-electron chi connectivity index (χ1n) is 8.72. The van der Waals surface area contributed by atoms with Crippen molar-refractivity contribution in [3.63, 3.8) is 0 Å². The van der Waals surface area contributed by atoms with Gasteiger partial charge in [0, 0.05) is 5.69 Å². The van der Waals surface area contributed by atoms with E-state index in [0.29, 0.717) is 21.4 Å². The Kier molecular flexibility index (Phi) is 4.97. The summed E-state index contributed by atoms with van der Waals surface area (Å²) in [6.07, 6.45) is 0. The second-order valence-corrected chi connectivity index (χ2v) is 7.48. The average Bonchev–Trinajstić information content (AvgIpc) is 3.19. The van der Waals surface area contributed by atoms with Gasteiger partial charge in [-0.2, -0.15) is 5.11 Å². The van der Waals surface area contributed by atoms with Crippen LogP contribution in [0.5, 0.6) is 0 Å². The summed E-state index contributed by atoms with van der Waals surface area (Å²) in [5.41, 5.74) is 1.75. The van der Waals surface area contributed by atoms with Crippen molar-refractivity contribution in [1.29, 1.82) is 0 Å². The van der Waals surface area contributed by atoms with Gasteiger partial charge in [-0.1, -0.05) is 46.6 Å². The van der Waals surface area contributed by atoms with E-state index in [1.807, 2.05) is 19.1 Å². The van der Waals surface area contributed by atoms with E-state index in [4.69, 9.17) is 23.2 Å². The standard InChI is InChI=1S/C19H15Cl2N5O3/c1-10-4-2-3-5-14(10)26-18(28)16-17(19(26)29)25(24-23-16)9-15(27)22-11-6-7-12(20)13(21)8-11/h2-8,16-17H,9H2,1H3,(H,22,27)/t16-,17+/m1/s1. The smallest absolute Gasteiger partial charge is 0.263 e. The van der Waals surface area contributed by atoms with E-state index in [0.717, 1.165) is 10.5 Å². The number of nitrogens with zero attached hydrogens (tertiary/aromatic N) is 4. The van der Waals surface area contributed by atoms with Crippen LogP contribution >= 0.6 is 23.2 Å². The quantitative estimate of drug-likeness (QED) is 0.751. The molecule has 2 aromatic rings. The van der Waals surface area contributed by atoms with Gasteiger partial charge in [-0.3, -0.25) is 19.4 Å². The highest BCUT2D eigenvalue weighted by Gasteiger charge is 2.55. The molecule has 1 saturated heterocycles. The second-order valence-electron chi connectivity index (χ2n) is 6.67. The van der Waals surface area contributed by atoms with Gasteiger partial charge in [-0.15, -0.1) is 0 Å². The number of hydrogen-bond donors (Lipinski definition) is 1. The first-order chi connectivity index (χ1) is 13.9. The molecule has 8 nitrogen and oxygen atoms in total. The third-order valence-electron chi connectivity index (χ3n) is 4.72. The van der Waals surface area contributed by atoms with Crippen molar-refractivity contribution in [3.8, 4) is 0 Å². The molecule has 1 fully saturated rings. The highest BCUT2D eigenvalue weighted by molar-refractivity contribution is 6.42. The number of aryl methyl sites for hydroxylation is 1. The third-order valence-corrected chi connectivity index (χ3v) is 5.46. The number of amides is 3. The molecule has 0 spiro atoms. The molecular formula is C19H15Cl2N5O3. The Morgan fingerprint density at radius 3 is 2.59 bits per heavy atom. The molecule has 0 aromatic heterocycles. The van der Waals surface area contributed by atoms with Crippen molar-refractivity contribution in [2.75, 3.05) is 16.8 Å². The van der Waals surface area contributed by atoms with Crippen LogP contribution in [0, 0.1) is 6.92 Å². The van der Waals surface area contributed by atoms with E-state index >= 15 is 0 Å². The lowest BCUT2D eigenvalue weighted by Gasteiger charge is -2.21. The minimum atomic E-state index is -0.958. The summed E-state index contributed by atoms with van der Waals surface area (Å²) < 4.78 is 0. The van der Waals surface area contributed by atoms with E-state index in [2.05, 4.69) is 15.7 Å². The van der Waals surface area contributed by atoms with Gasteiger partial charge >= 0.3 is 0 Å². The van der Waals surface area contributed by atoms with Crippen LogP contribution < -0.4 is 10.2 Å². The maximum Gasteiger partial charge on any atom is 0.263 e. The summed E-state index contributed by atoms with van der Waals surface area (Å²) in [5, 5.41) is 12.4. The normalized spacial score (nSPS) is 20.4. The lowest BCUT2D eigenvalue weighted by atomic mass is 10.1. The van der Waals surface area contributed by atoms with Crippen molar-refractivity contribution < 1.29 is 14.4 Å². The predicted molar refractivity (Wildman–Crippen MR) is 108 cm³/mol.